The molecule has 9 heteroatoms. The molecule has 3 heterocycles. The average Bonchev–Trinajstić information content (AvgIpc) is 3.47. The summed E-state index contributed by atoms with van der Waals surface area (Å²) in [5.74, 6) is 0.396. The Balaban J connectivity index is 1.41. The summed E-state index contributed by atoms with van der Waals surface area (Å²) >= 11 is 6.36. The minimum Gasteiger partial charge on any atom is -0.450 e. The molecule has 6 nitrogen and oxygen atoms in total. The maximum Gasteiger partial charge on any atom is 0.297 e. The van der Waals surface area contributed by atoms with Crippen molar-refractivity contribution in [1.29, 1.82) is 0 Å². The molecule has 0 spiro atoms. The third-order valence-corrected chi connectivity index (χ3v) is 8.70. The van der Waals surface area contributed by atoms with Crippen LogP contribution in [0, 0.1) is 6.92 Å². The Kier molecular flexibility index (Phi) is 5.99. The molecular weight excluding hydrogens is 558 g/mol. The molecule has 0 radical (unpaired) electrons. The second kappa shape index (κ2) is 9.31. The third kappa shape index (κ3) is 4.07. The zero-order valence-electron chi connectivity index (χ0n) is 19.0. The van der Waals surface area contributed by atoms with Crippen molar-refractivity contribution >= 4 is 61.0 Å². The fourth-order valence-corrected chi connectivity index (χ4v) is 6.35. The fraction of sp³-hybridized carbons (Fsp3) is 0.111. The molecule has 0 saturated heterocycles. The largest absolute Gasteiger partial charge is 0.450 e. The lowest BCUT2D eigenvalue weighted by atomic mass is 9.99. The van der Waals surface area contributed by atoms with Crippen LogP contribution >= 0.6 is 39.0 Å². The monoisotopic (exact) mass is 575 g/mol. The van der Waals surface area contributed by atoms with E-state index in [1.54, 1.807) is 36.0 Å². The van der Waals surface area contributed by atoms with Gasteiger partial charge in [0.15, 0.2) is 9.77 Å². The first-order chi connectivity index (χ1) is 17.5. The summed E-state index contributed by atoms with van der Waals surface area (Å²) in [5, 5.41) is 9.55. The smallest absolute Gasteiger partial charge is 0.297 e. The Hall–Kier alpha value is -3.27. The third-order valence-electron chi connectivity index (χ3n) is 6.05. The Labute approximate surface area is 223 Å². The summed E-state index contributed by atoms with van der Waals surface area (Å²) < 4.78 is 7.64. The average molecular weight is 576 g/mol. The van der Waals surface area contributed by atoms with E-state index in [-0.39, 0.29) is 11.2 Å². The van der Waals surface area contributed by atoms with Gasteiger partial charge in [-0.15, -0.1) is 10.2 Å². The van der Waals surface area contributed by atoms with Gasteiger partial charge in [-0.25, -0.2) is 0 Å². The summed E-state index contributed by atoms with van der Waals surface area (Å²) in [7, 11) is 0. The van der Waals surface area contributed by atoms with Crippen molar-refractivity contribution in [1.82, 2.24) is 10.2 Å². The molecule has 1 atom stereocenters. The van der Waals surface area contributed by atoms with Crippen LogP contribution in [0.15, 0.2) is 90.8 Å². The molecule has 2 aromatic heterocycles. The molecule has 6 rings (SSSR count). The van der Waals surface area contributed by atoms with Gasteiger partial charge in [-0.1, -0.05) is 93.1 Å². The van der Waals surface area contributed by atoms with Crippen molar-refractivity contribution in [3.63, 3.8) is 0 Å². The molecule has 0 saturated carbocycles. The molecule has 1 unspecified atom stereocenters. The Morgan fingerprint density at radius 3 is 2.53 bits per heavy atom. The standard InChI is InChI=1S/C27H18BrN3O3S2/c1-15-6-8-16(9-7-15)14-35-27-30-29-26(36-27)31-22(17-10-12-18(28)13-11-17)21-23(32)19-4-2-3-5-20(19)34-24(21)25(31)33/h2-13,22H,14H2,1H3. The molecule has 36 heavy (non-hydrogen) atoms. The lowest BCUT2D eigenvalue weighted by molar-refractivity contribution is 0.0970. The molecule has 1 aliphatic heterocycles. The molecule has 0 bridgehead atoms. The van der Waals surface area contributed by atoms with E-state index < -0.39 is 11.9 Å². The van der Waals surface area contributed by atoms with E-state index >= 15 is 0 Å². The van der Waals surface area contributed by atoms with Crippen LogP contribution in [-0.2, 0) is 5.75 Å². The Morgan fingerprint density at radius 2 is 1.75 bits per heavy atom. The van der Waals surface area contributed by atoms with Gasteiger partial charge in [0.1, 0.15) is 5.58 Å². The number of anilines is 1. The van der Waals surface area contributed by atoms with E-state index in [2.05, 4.69) is 57.3 Å². The number of thioether (sulfide) groups is 1. The van der Waals surface area contributed by atoms with Crippen molar-refractivity contribution in [3.8, 4) is 0 Å². The predicted molar refractivity (Wildman–Crippen MR) is 146 cm³/mol. The second-order valence-electron chi connectivity index (χ2n) is 8.42. The van der Waals surface area contributed by atoms with E-state index in [0.717, 1.165) is 20.1 Å². The highest BCUT2D eigenvalue weighted by atomic mass is 79.9. The Bertz CT molecular complexity index is 1660. The SMILES string of the molecule is Cc1ccc(CSc2nnc(N3C(=O)c4oc5ccccc5c(=O)c4C3c3ccc(Br)cc3)s2)cc1. The van der Waals surface area contributed by atoms with Crippen LogP contribution in [0.5, 0.6) is 0 Å². The van der Waals surface area contributed by atoms with Crippen molar-refractivity contribution in [3.05, 3.63) is 116 Å². The highest BCUT2D eigenvalue weighted by Crippen LogP contribution is 2.43. The minimum absolute atomic E-state index is 0.0516. The van der Waals surface area contributed by atoms with Crippen LogP contribution in [0.3, 0.4) is 0 Å². The van der Waals surface area contributed by atoms with E-state index in [9.17, 15) is 9.59 Å². The molecule has 1 amide bonds. The second-order valence-corrected chi connectivity index (χ2v) is 11.5. The molecule has 178 valence electrons. The highest BCUT2D eigenvalue weighted by molar-refractivity contribution is 9.10. The molecule has 5 aromatic rings. The molecule has 0 aliphatic carbocycles. The summed E-state index contributed by atoms with van der Waals surface area (Å²) in [5.41, 5.74) is 3.68. The lowest BCUT2D eigenvalue weighted by Gasteiger charge is -2.22. The van der Waals surface area contributed by atoms with Gasteiger partial charge in [0.2, 0.25) is 10.9 Å². The van der Waals surface area contributed by atoms with Gasteiger partial charge < -0.3 is 4.42 Å². The topological polar surface area (TPSA) is 76.3 Å². The number of hydrogen-bond acceptors (Lipinski definition) is 7. The van der Waals surface area contributed by atoms with Crippen molar-refractivity contribution < 1.29 is 9.21 Å². The number of carbonyl (C=O) groups is 1. The summed E-state index contributed by atoms with van der Waals surface area (Å²) in [4.78, 5) is 28.8. The van der Waals surface area contributed by atoms with E-state index in [1.165, 1.54) is 27.4 Å². The molecule has 3 aromatic carbocycles. The summed E-state index contributed by atoms with van der Waals surface area (Å²) in [6.45, 7) is 2.06. The van der Waals surface area contributed by atoms with Gasteiger partial charge in [-0.2, -0.15) is 0 Å². The number of halogens is 1. The number of aromatic nitrogens is 2. The van der Waals surface area contributed by atoms with Gasteiger partial charge in [0, 0.05) is 10.2 Å². The van der Waals surface area contributed by atoms with Gasteiger partial charge in [0.05, 0.1) is 17.0 Å². The Morgan fingerprint density at radius 1 is 1.00 bits per heavy atom. The number of amides is 1. The normalized spacial score (nSPS) is 15.0. The van der Waals surface area contributed by atoms with Crippen LogP contribution in [-0.4, -0.2) is 16.1 Å². The fourth-order valence-electron chi connectivity index (χ4n) is 4.27. The maximum atomic E-state index is 13.7. The number of fused-ring (bicyclic) bond motifs is 2. The number of hydrogen-bond donors (Lipinski definition) is 0. The number of nitrogens with zero attached hydrogens (tertiary/aromatic N) is 3. The number of aryl methyl sites for hydroxylation is 1. The summed E-state index contributed by atoms with van der Waals surface area (Å²) in [6.07, 6.45) is 0. The first-order valence-corrected chi connectivity index (χ1v) is 13.8. The molecule has 0 N–H and O–H groups in total. The van der Waals surface area contributed by atoms with Crippen LogP contribution < -0.4 is 10.3 Å². The zero-order valence-corrected chi connectivity index (χ0v) is 22.2. The van der Waals surface area contributed by atoms with Crippen LogP contribution in [0.25, 0.3) is 11.0 Å². The number of carbonyl (C=O) groups excluding carboxylic acids is 1. The van der Waals surface area contributed by atoms with Crippen molar-refractivity contribution in [2.24, 2.45) is 0 Å². The van der Waals surface area contributed by atoms with Gasteiger partial charge in [-0.05, 0) is 42.3 Å². The molecule has 1 aliphatic rings. The minimum atomic E-state index is -0.663. The van der Waals surface area contributed by atoms with E-state index in [4.69, 9.17) is 4.42 Å². The predicted octanol–water partition coefficient (Wildman–Crippen LogP) is 6.76. The quantitative estimate of drug-likeness (QED) is 0.170. The van der Waals surface area contributed by atoms with Crippen LogP contribution in [0.4, 0.5) is 5.13 Å². The van der Waals surface area contributed by atoms with Crippen LogP contribution in [0.1, 0.15) is 38.9 Å². The zero-order chi connectivity index (χ0) is 24.8. The maximum absolute atomic E-state index is 13.7. The number of para-hydroxylation sites is 1. The van der Waals surface area contributed by atoms with Gasteiger partial charge in [-0.3, -0.25) is 14.5 Å². The van der Waals surface area contributed by atoms with Gasteiger partial charge >= 0.3 is 0 Å². The van der Waals surface area contributed by atoms with Crippen molar-refractivity contribution in [2.45, 2.75) is 23.1 Å². The van der Waals surface area contributed by atoms with Crippen molar-refractivity contribution in [2.75, 3.05) is 4.90 Å². The van der Waals surface area contributed by atoms with E-state index in [0.29, 0.717) is 21.7 Å². The van der Waals surface area contributed by atoms with Crippen LogP contribution in [0.2, 0.25) is 0 Å². The highest BCUT2D eigenvalue weighted by Gasteiger charge is 2.45. The number of benzene rings is 3. The lowest BCUT2D eigenvalue weighted by Crippen LogP contribution is -2.29. The molecule has 0 fully saturated rings. The first kappa shape index (κ1) is 23.1. The first-order valence-electron chi connectivity index (χ1n) is 11.2. The summed E-state index contributed by atoms with van der Waals surface area (Å²) in [6, 6.07) is 22.3. The number of rotatable bonds is 5. The molecular formula is C27H18BrN3O3S2. The van der Waals surface area contributed by atoms with E-state index in [1.807, 2.05) is 24.3 Å². The van der Waals surface area contributed by atoms with Gasteiger partial charge in [0.25, 0.3) is 5.91 Å².